The molecule has 4 heteroatoms. The summed E-state index contributed by atoms with van der Waals surface area (Å²) >= 11 is 1.45. The molecule has 3 nitrogen and oxygen atoms in total. The molecular formula is C7H12N2OS. The number of rotatable bonds is 3. The summed E-state index contributed by atoms with van der Waals surface area (Å²) in [5.74, 6) is 0. The molecule has 1 aromatic rings. The van der Waals surface area contributed by atoms with Gasteiger partial charge in [0.15, 0.2) is 5.13 Å². The van der Waals surface area contributed by atoms with Crippen LogP contribution in [0.3, 0.4) is 0 Å². The van der Waals surface area contributed by atoms with Gasteiger partial charge >= 0.3 is 0 Å². The maximum absolute atomic E-state index is 5.48. The number of aromatic nitrogens is 1. The van der Waals surface area contributed by atoms with Crippen molar-refractivity contribution in [3.8, 4) is 0 Å². The summed E-state index contributed by atoms with van der Waals surface area (Å²) in [6.07, 6.45) is 1.03. The van der Waals surface area contributed by atoms with Crippen molar-refractivity contribution in [3.05, 3.63) is 11.1 Å². The highest BCUT2D eigenvalue weighted by molar-refractivity contribution is 7.13. The fraction of sp³-hybridized carbons (Fsp3) is 0.571. The highest BCUT2D eigenvalue weighted by Gasteiger charge is 2.10. The molecule has 2 N–H and O–H groups in total. The molecule has 1 rings (SSSR count). The first-order valence-corrected chi connectivity index (χ1v) is 4.39. The van der Waals surface area contributed by atoms with Gasteiger partial charge in [0.05, 0.1) is 11.8 Å². The van der Waals surface area contributed by atoms with E-state index in [9.17, 15) is 0 Å². The zero-order valence-corrected chi connectivity index (χ0v) is 7.52. The fourth-order valence-corrected chi connectivity index (χ4v) is 1.55. The lowest BCUT2D eigenvalue weighted by atomic mass is 10.2. The summed E-state index contributed by atoms with van der Waals surface area (Å²) in [4.78, 5) is 4.12. The van der Waals surface area contributed by atoms with Crippen LogP contribution in [0.2, 0.25) is 0 Å². The van der Waals surface area contributed by atoms with E-state index in [1.807, 2.05) is 5.38 Å². The first-order chi connectivity index (χ1) is 5.27. The van der Waals surface area contributed by atoms with Crippen LogP contribution in [0.1, 0.15) is 25.1 Å². The topological polar surface area (TPSA) is 48.1 Å². The lowest BCUT2D eigenvalue weighted by Gasteiger charge is -2.08. The molecule has 1 heterocycles. The second-order valence-electron chi connectivity index (χ2n) is 2.24. The Morgan fingerprint density at radius 1 is 1.82 bits per heavy atom. The Hall–Kier alpha value is -0.610. The minimum Gasteiger partial charge on any atom is -0.375 e. The van der Waals surface area contributed by atoms with Crippen molar-refractivity contribution in [2.75, 3.05) is 12.8 Å². The van der Waals surface area contributed by atoms with Gasteiger partial charge in [-0.2, -0.15) is 0 Å². The molecule has 0 spiro atoms. The SMILES string of the molecule is CCC(OC)c1csc(N)n1. The van der Waals surface area contributed by atoms with Gasteiger partial charge in [-0.15, -0.1) is 11.3 Å². The minimum atomic E-state index is 0.101. The van der Waals surface area contributed by atoms with Crippen LogP contribution in [0.5, 0.6) is 0 Å². The third kappa shape index (κ3) is 1.91. The van der Waals surface area contributed by atoms with Crippen LogP contribution in [0.4, 0.5) is 5.13 Å². The van der Waals surface area contributed by atoms with Crippen LogP contribution in [-0.4, -0.2) is 12.1 Å². The summed E-state index contributed by atoms with van der Waals surface area (Å²) in [6.45, 7) is 2.06. The molecule has 62 valence electrons. The fourth-order valence-electron chi connectivity index (χ4n) is 0.945. The van der Waals surface area contributed by atoms with Crippen molar-refractivity contribution >= 4 is 16.5 Å². The van der Waals surface area contributed by atoms with Crippen LogP contribution in [0.25, 0.3) is 0 Å². The van der Waals surface area contributed by atoms with E-state index in [1.165, 1.54) is 11.3 Å². The average Bonchev–Trinajstić information content (AvgIpc) is 2.39. The van der Waals surface area contributed by atoms with Crippen molar-refractivity contribution in [1.29, 1.82) is 0 Å². The zero-order valence-electron chi connectivity index (χ0n) is 6.70. The van der Waals surface area contributed by atoms with Crippen LogP contribution < -0.4 is 5.73 Å². The normalized spacial score (nSPS) is 13.3. The van der Waals surface area contributed by atoms with Crippen molar-refractivity contribution < 1.29 is 4.74 Å². The molecule has 0 amide bonds. The van der Waals surface area contributed by atoms with Crippen LogP contribution in [0.15, 0.2) is 5.38 Å². The van der Waals surface area contributed by atoms with Crippen molar-refractivity contribution in [2.24, 2.45) is 0 Å². The minimum absolute atomic E-state index is 0.101. The average molecular weight is 172 g/mol. The maximum Gasteiger partial charge on any atom is 0.180 e. The predicted octanol–water partition coefficient (Wildman–Crippen LogP) is 1.82. The summed E-state index contributed by atoms with van der Waals surface area (Å²) in [5, 5.41) is 2.54. The van der Waals surface area contributed by atoms with E-state index in [1.54, 1.807) is 7.11 Å². The summed E-state index contributed by atoms with van der Waals surface area (Å²) < 4.78 is 5.19. The Kier molecular flexibility index (Phi) is 2.84. The number of hydrogen-bond acceptors (Lipinski definition) is 4. The third-order valence-electron chi connectivity index (χ3n) is 1.52. The molecule has 1 atom stereocenters. The van der Waals surface area contributed by atoms with Gasteiger partial charge in [-0.3, -0.25) is 0 Å². The van der Waals surface area contributed by atoms with Gasteiger partial charge in [0.1, 0.15) is 0 Å². The van der Waals surface area contributed by atoms with E-state index in [0.29, 0.717) is 5.13 Å². The molecule has 0 aliphatic rings. The van der Waals surface area contributed by atoms with E-state index in [0.717, 1.165) is 12.1 Å². The number of ether oxygens (including phenoxy) is 1. The molecule has 11 heavy (non-hydrogen) atoms. The first-order valence-electron chi connectivity index (χ1n) is 3.51. The smallest absolute Gasteiger partial charge is 0.180 e. The Balaban J connectivity index is 2.73. The molecule has 1 unspecified atom stereocenters. The third-order valence-corrected chi connectivity index (χ3v) is 2.22. The Morgan fingerprint density at radius 2 is 2.55 bits per heavy atom. The van der Waals surface area contributed by atoms with Crippen LogP contribution >= 0.6 is 11.3 Å². The van der Waals surface area contributed by atoms with Gasteiger partial charge in [0.2, 0.25) is 0 Å². The molecule has 0 saturated carbocycles. The lowest BCUT2D eigenvalue weighted by Crippen LogP contribution is -2.00. The van der Waals surface area contributed by atoms with E-state index in [4.69, 9.17) is 10.5 Å². The first kappa shape index (κ1) is 8.49. The molecule has 0 saturated heterocycles. The molecule has 0 fully saturated rings. The monoisotopic (exact) mass is 172 g/mol. The quantitative estimate of drug-likeness (QED) is 0.756. The number of nitrogens with two attached hydrogens (primary N) is 1. The van der Waals surface area contributed by atoms with Gasteiger partial charge in [0.25, 0.3) is 0 Å². The second-order valence-corrected chi connectivity index (χ2v) is 3.13. The number of thiazole rings is 1. The van der Waals surface area contributed by atoms with Crippen LogP contribution in [-0.2, 0) is 4.74 Å². The van der Waals surface area contributed by atoms with Gasteiger partial charge in [-0.25, -0.2) is 4.98 Å². The van der Waals surface area contributed by atoms with Crippen molar-refractivity contribution in [3.63, 3.8) is 0 Å². The van der Waals surface area contributed by atoms with Gasteiger partial charge < -0.3 is 10.5 Å². The Morgan fingerprint density at radius 3 is 2.91 bits per heavy atom. The zero-order chi connectivity index (χ0) is 8.27. The maximum atomic E-state index is 5.48. The second kappa shape index (κ2) is 3.69. The van der Waals surface area contributed by atoms with E-state index in [2.05, 4.69) is 11.9 Å². The highest BCUT2D eigenvalue weighted by Crippen LogP contribution is 2.22. The van der Waals surface area contributed by atoms with Crippen LogP contribution in [0, 0.1) is 0 Å². The number of hydrogen-bond donors (Lipinski definition) is 1. The predicted molar refractivity (Wildman–Crippen MR) is 46.6 cm³/mol. The number of anilines is 1. The number of nitrogen functional groups attached to an aromatic ring is 1. The number of nitrogens with zero attached hydrogens (tertiary/aromatic N) is 1. The summed E-state index contributed by atoms with van der Waals surface area (Å²) in [7, 11) is 1.68. The Labute approximate surface area is 70.2 Å². The van der Waals surface area contributed by atoms with Crippen molar-refractivity contribution in [2.45, 2.75) is 19.4 Å². The van der Waals surface area contributed by atoms with Crippen molar-refractivity contribution in [1.82, 2.24) is 4.98 Å². The largest absolute Gasteiger partial charge is 0.375 e. The Bertz CT molecular complexity index is 220. The molecule has 0 aromatic carbocycles. The van der Waals surface area contributed by atoms with Gasteiger partial charge in [-0.05, 0) is 6.42 Å². The standard InChI is InChI=1S/C7H12N2OS/c1-3-6(10-2)5-4-11-7(8)9-5/h4,6H,3H2,1-2H3,(H2,8,9). The molecular weight excluding hydrogens is 160 g/mol. The molecule has 0 aliphatic heterocycles. The molecule has 0 bridgehead atoms. The van der Waals surface area contributed by atoms with Gasteiger partial charge in [-0.1, -0.05) is 6.92 Å². The summed E-state index contributed by atoms with van der Waals surface area (Å²) in [6, 6.07) is 0. The summed E-state index contributed by atoms with van der Waals surface area (Å²) in [5.41, 5.74) is 6.42. The van der Waals surface area contributed by atoms with Gasteiger partial charge in [0, 0.05) is 12.5 Å². The van der Waals surface area contributed by atoms with E-state index in [-0.39, 0.29) is 6.10 Å². The van der Waals surface area contributed by atoms with E-state index < -0.39 is 0 Å². The molecule has 0 aliphatic carbocycles. The molecule has 1 aromatic heterocycles. The van der Waals surface area contributed by atoms with E-state index >= 15 is 0 Å². The lowest BCUT2D eigenvalue weighted by molar-refractivity contribution is 0.0971. The highest BCUT2D eigenvalue weighted by atomic mass is 32.1. The molecule has 0 radical (unpaired) electrons. The number of methoxy groups -OCH3 is 1.